The van der Waals surface area contributed by atoms with Crippen molar-refractivity contribution in [1.82, 2.24) is 0 Å². The van der Waals surface area contributed by atoms with Crippen LogP contribution in [0.25, 0.3) is 0 Å². The molecule has 2 aromatic rings. The lowest BCUT2D eigenvalue weighted by Crippen LogP contribution is -2.25. The molecule has 0 fully saturated rings. The van der Waals surface area contributed by atoms with Gasteiger partial charge in [0.2, 0.25) is 5.78 Å². The number of carbonyl (C=O) groups excluding carboxylic acids is 2. The molecule has 0 aromatic heterocycles. The van der Waals surface area contributed by atoms with E-state index < -0.39 is 12.1 Å². The Morgan fingerprint density at radius 3 is 2.48 bits per heavy atom. The topological polar surface area (TPSA) is 52.6 Å². The van der Waals surface area contributed by atoms with Gasteiger partial charge in [0, 0.05) is 5.56 Å². The number of methoxy groups -OCH3 is 1. The van der Waals surface area contributed by atoms with Crippen molar-refractivity contribution in [2.45, 2.75) is 38.7 Å². The van der Waals surface area contributed by atoms with Crippen LogP contribution in [-0.2, 0) is 28.8 Å². The molecule has 0 bridgehead atoms. The number of carbonyl (C=O) groups is 2. The third kappa shape index (κ3) is 4.08. The molecule has 1 aliphatic rings. The Labute approximate surface area is 147 Å². The molecule has 0 unspecified atom stereocenters. The van der Waals surface area contributed by atoms with E-state index in [1.807, 2.05) is 30.3 Å². The maximum absolute atomic E-state index is 12.5. The Kier molecular flexibility index (Phi) is 5.17. The van der Waals surface area contributed by atoms with Crippen molar-refractivity contribution in [3.8, 4) is 5.75 Å². The van der Waals surface area contributed by atoms with Crippen molar-refractivity contribution >= 4 is 11.8 Å². The van der Waals surface area contributed by atoms with Crippen LogP contribution < -0.4 is 4.74 Å². The second kappa shape index (κ2) is 7.51. The van der Waals surface area contributed by atoms with Gasteiger partial charge in [0.1, 0.15) is 5.75 Å². The molecule has 4 heteroatoms. The smallest absolute Gasteiger partial charge is 0.310 e. The molecule has 25 heavy (non-hydrogen) atoms. The maximum Gasteiger partial charge on any atom is 0.310 e. The summed E-state index contributed by atoms with van der Waals surface area (Å²) in [5.74, 6) is 0.169. The molecule has 3 rings (SSSR count). The molecule has 4 nitrogen and oxygen atoms in total. The van der Waals surface area contributed by atoms with E-state index in [2.05, 4.69) is 0 Å². The fraction of sp³-hybridized carbons (Fsp3) is 0.333. The molecule has 0 saturated heterocycles. The Morgan fingerprint density at radius 1 is 1.04 bits per heavy atom. The predicted molar refractivity (Wildman–Crippen MR) is 95.0 cm³/mol. The molecule has 0 aliphatic heterocycles. The molecule has 0 heterocycles. The van der Waals surface area contributed by atoms with Gasteiger partial charge in [-0.25, -0.2) is 0 Å². The largest absolute Gasteiger partial charge is 0.497 e. The molecular formula is C21H22O4. The van der Waals surface area contributed by atoms with E-state index in [9.17, 15) is 9.59 Å². The number of Topliss-reactive ketones (excluding diaryl/α,β-unsaturated/α-hetero) is 1. The summed E-state index contributed by atoms with van der Waals surface area (Å²) in [5.41, 5.74) is 4.00. The van der Waals surface area contributed by atoms with E-state index >= 15 is 0 Å². The summed E-state index contributed by atoms with van der Waals surface area (Å²) >= 11 is 0. The minimum Gasteiger partial charge on any atom is -0.497 e. The molecule has 0 spiro atoms. The van der Waals surface area contributed by atoms with Crippen LogP contribution in [0.15, 0.2) is 42.5 Å². The lowest BCUT2D eigenvalue weighted by molar-refractivity contribution is -0.145. The van der Waals surface area contributed by atoms with Gasteiger partial charge in [-0.05, 0) is 61.1 Å². The van der Waals surface area contributed by atoms with Crippen molar-refractivity contribution in [2.75, 3.05) is 7.11 Å². The van der Waals surface area contributed by atoms with E-state index in [4.69, 9.17) is 9.47 Å². The molecule has 0 radical (unpaired) electrons. The average molecular weight is 338 g/mol. The Balaban J connectivity index is 1.59. The molecular weight excluding hydrogens is 316 g/mol. The van der Waals surface area contributed by atoms with Crippen LogP contribution in [-0.4, -0.2) is 25.0 Å². The summed E-state index contributed by atoms with van der Waals surface area (Å²) in [7, 11) is 1.59. The lowest BCUT2D eigenvalue weighted by atomic mass is 10.0. The van der Waals surface area contributed by atoms with Crippen LogP contribution in [0.4, 0.5) is 0 Å². The highest BCUT2D eigenvalue weighted by molar-refractivity contribution is 6.00. The van der Waals surface area contributed by atoms with Gasteiger partial charge in [0.25, 0.3) is 0 Å². The van der Waals surface area contributed by atoms with Gasteiger partial charge in [0.05, 0.1) is 13.5 Å². The van der Waals surface area contributed by atoms with E-state index in [-0.39, 0.29) is 12.2 Å². The fourth-order valence-corrected chi connectivity index (χ4v) is 3.16. The van der Waals surface area contributed by atoms with Crippen LogP contribution in [0.2, 0.25) is 0 Å². The average Bonchev–Trinajstić information content (AvgIpc) is 3.09. The second-order valence-corrected chi connectivity index (χ2v) is 6.36. The summed E-state index contributed by atoms with van der Waals surface area (Å²) in [6.07, 6.45) is 2.58. The monoisotopic (exact) mass is 338 g/mol. The quantitative estimate of drug-likeness (QED) is 0.597. The summed E-state index contributed by atoms with van der Waals surface area (Å²) in [6.45, 7) is 1.63. The number of hydrogen-bond acceptors (Lipinski definition) is 4. The lowest BCUT2D eigenvalue weighted by Gasteiger charge is -2.13. The second-order valence-electron chi connectivity index (χ2n) is 6.36. The first-order valence-corrected chi connectivity index (χ1v) is 8.55. The van der Waals surface area contributed by atoms with Gasteiger partial charge in [-0.1, -0.05) is 24.3 Å². The van der Waals surface area contributed by atoms with Gasteiger partial charge in [-0.15, -0.1) is 0 Å². The SMILES string of the molecule is COc1ccc(CC(=O)O[C@@H](C)C(=O)c2ccc3c(c2)CCC3)cc1. The number of ketones is 1. The van der Waals surface area contributed by atoms with E-state index in [1.54, 1.807) is 26.2 Å². The molecule has 0 N–H and O–H groups in total. The van der Waals surface area contributed by atoms with E-state index in [0.29, 0.717) is 5.56 Å². The number of rotatable bonds is 6. The van der Waals surface area contributed by atoms with Crippen molar-refractivity contribution in [2.24, 2.45) is 0 Å². The fourth-order valence-electron chi connectivity index (χ4n) is 3.16. The Morgan fingerprint density at radius 2 is 1.76 bits per heavy atom. The minimum atomic E-state index is -0.787. The zero-order valence-electron chi connectivity index (χ0n) is 14.6. The highest BCUT2D eigenvalue weighted by Crippen LogP contribution is 2.23. The standard InChI is InChI=1S/C21H22O4/c1-14(21(23)18-9-8-16-4-3-5-17(16)13-18)25-20(22)12-15-6-10-19(24-2)11-7-15/h6-11,13-14H,3-5,12H2,1-2H3/t14-/m0/s1. The van der Waals surface area contributed by atoms with Gasteiger partial charge < -0.3 is 9.47 Å². The molecule has 1 aliphatic carbocycles. The Bertz CT molecular complexity index is 777. The van der Waals surface area contributed by atoms with Crippen molar-refractivity contribution in [3.63, 3.8) is 0 Å². The zero-order valence-corrected chi connectivity index (χ0v) is 14.6. The van der Waals surface area contributed by atoms with E-state index in [0.717, 1.165) is 30.6 Å². The van der Waals surface area contributed by atoms with Crippen LogP contribution in [0.1, 0.15) is 40.4 Å². The number of hydrogen-bond donors (Lipinski definition) is 0. The van der Waals surface area contributed by atoms with Crippen LogP contribution in [0, 0.1) is 0 Å². The minimum absolute atomic E-state index is 0.131. The summed E-state index contributed by atoms with van der Waals surface area (Å²) < 4.78 is 10.4. The van der Waals surface area contributed by atoms with Crippen LogP contribution in [0.5, 0.6) is 5.75 Å². The number of esters is 1. The predicted octanol–water partition coefficient (Wildman–Crippen LogP) is 3.54. The third-order valence-electron chi connectivity index (χ3n) is 4.57. The number of fused-ring (bicyclic) bond motifs is 1. The molecule has 130 valence electrons. The maximum atomic E-state index is 12.5. The summed E-state index contributed by atoms with van der Waals surface area (Å²) in [6, 6.07) is 13.0. The van der Waals surface area contributed by atoms with Crippen LogP contribution >= 0.6 is 0 Å². The number of aryl methyl sites for hydroxylation is 2. The third-order valence-corrected chi connectivity index (χ3v) is 4.57. The first-order chi connectivity index (χ1) is 12.1. The van der Waals surface area contributed by atoms with Gasteiger partial charge >= 0.3 is 5.97 Å². The van der Waals surface area contributed by atoms with Crippen molar-refractivity contribution in [3.05, 3.63) is 64.7 Å². The summed E-state index contributed by atoms with van der Waals surface area (Å²) in [5, 5.41) is 0. The summed E-state index contributed by atoms with van der Waals surface area (Å²) in [4.78, 5) is 24.6. The first-order valence-electron chi connectivity index (χ1n) is 8.55. The van der Waals surface area contributed by atoms with Crippen molar-refractivity contribution in [1.29, 1.82) is 0 Å². The van der Waals surface area contributed by atoms with Crippen LogP contribution in [0.3, 0.4) is 0 Å². The molecule has 1 atom stereocenters. The normalized spacial score (nSPS) is 13.8. The number of benzene rings is 2. The van der Waals surface area contributed by atoms with Gasteiger partial charge in [-0.2, -0.15) is 0 Å². The molecule has 0 saturated carbocycles. The zero-order chi connectivity index (χ0) is 17.8. The van der Waals surface area contributed by atoms with Gasteiger partial charge in [0.15, 0.2) is 6.10 Å². The highest BCUT2D eigenvalue weighted by atomic mass is 16.5. The van der Waals surface area contributed by atoms with Crippen molar-refractivity contribution < 1.29 is 19.1 Å². The number of ether oxygens (including phenoxy) is 2. The Hall–Kier alpha value is -2.62. The first kappa shape index (κ1) is 17.2. The molecule has 0 amide bonds. The van der Waals surface area contributed by atoms with Gasteiger partial charge in [-0.3, -0.25) is 9.59 Å². The molecule has 2 aromatic carbocycles. The van der Waals surface area contributed by atoms with E-state index in [1.165, 1.54) is 11.1 Å². The highest BCUT2D eigenvalue weighted by Gasteiger charge is 2.21.